The molecule has 1 aromatic heterocycles. The van der Waals surface area contributed by atoms with E-state index >= 15 is 0 Å². The zero-order chi connectivity index (χ0) is 16.2. The molecule has 0 aliphatic carbocycles. The highest BCUT2D eigenvalue weighted by Gasteiger charge is 2.14. The number of benzene rings is 2. The quantitative estimate of drug-likeness (QED) is 0.631. The van der Waals surface area contributed by atoms with Crippen LogP contribution in [0.4, 0.5) is 4.39 Å². The van der Waals surface area contributed by atoms with Crippen LogP contribution < -0.4 is 0 Å². The van der Waals surface area contributed by atoms with Crippen molar-refractivity contribution in [1.82, 2.24) is 14.8 Å². The first-order valence-corrected chi connectivity index (χ1v) is 9.30. The van der Waals surface area contributed by atoms with Crippen LogP contribution in [0.3, 0.4) is 0 Å². The Morgan fingerprint density at radius 2 is 1.78 bits per heavy atom. The molecular formula is C17H16FN3S2. The van der Waals surface area contributed by atoms with E-state index < -0.39 is 0 Å². The normalized spacial score (nSPS) is 10.9. The lowest BCUT2D eigenvalue weighted by Gasteiger charge is -2.05. The van der Waals surface area contributed by atoms with E-state index in [1.807, 2.05) is 11.6 Å². The molecule has 1 heterocycles. The summed E-state index contributed by atoms with van der Waals surface area (Å²) in [6, 6.07) is 15.1. The van der Waals surface area contributed by atoms with Crippen molar-refractivity contribution in [3.8, 4) is 11.4 Å². The van der Waals surface area contributed by atoms with Gasteiger partial charge in [0.05, 0.1) is 5.56 Å². The van der Waals surface area contributed by atoms with Crippen LogP contribution in [0.1, 0.15) is 5.56 Å². The number of rotatable bonds is 5. The summed E-state index contributed by atoms with van der Waals surface area (Å²) in [6.07, 6.45) is 2.06. The van der Waals surface area contributed by atoms with E-state index in [0.29, 0.717) is 11.4 Å². The summed E-state index contributed by atoms with van der Waals surface area (Å²) in [6.45, 7) is 0. The molecule has 3 rings (SSSR count). The fourth-order valence-electron chi connectivity index (χ4n) is 2.19. The molecule has 0 aliphatic heterocycles. The van der Waals surface area contributed by atoms with E-state index in [1.165, 1.54) is 16.5 Å². The highest BCUT2D eigenvalue weighted by atomic mass is 32.2. The molecule has 0 spiro atoms. The summed E-state index contributed by atoms with van der Waals surface area (Å²) in [5.41, 5.74) is 1.70. The number of hydrogen-bond acceptors (Lipinski definition) is 4. The summed E-state index contributed by atoms with van der Waals surface area (Å²) in [4.78, 5) is 1.25. The molecule has 23 heavy (non-hydrogen) atoms. The summed E-state index contributed by atoms with van der Waals surface area (Å²) >= 11 is 3.32. The first-order valence-electron chi connectivity index (χ1n) is 7.09. The summed E-state index contributed by atoms with van der Waals surface area (Å²) in [7, 11) is 1.86. The molecule has 6 heteroatoms. The summed E-state index contributed by atoms with van der Waals surface area (Å²) in [5, 5.41) is 9.10. The Morgan fingerprint density at radius 3 is 2.48 bits per heavy atom. The SMILES string of the molecule is CSc1ccc(CSc2nnc(-c3ccccc3F)n2C)cc1. The number of aromatic nitrogens is 3. The number of halogens is 1. The minimum atomic E-state index is -0.285. The maximum absolute atomic E-state index is 13.9. The van der Waals surface area contributed by atoms with Crippen molar-refractivity contribution in [2.24, 2.45) is 7.05 Å². The Hall–Kier alpha value is -1.79. The van der Waals surface area contributed by atoms with Crippen LogP contribution in [0, 0.1) is 5.82 Å². The first kappa shape index (κ1) is 16.1. The third-order valence-electron chi connectivity index (χ3n) is 3.48. The van der Waals surface area contributed by atoms with Gasteiger partial charge < -0.3 is 4.57 Å². The molecule has 0 atom stereocenters. The van der Waals surface area contributed by atoms with E-state index in [9.17, 15) is 4.39 Å². The maximum atomic E-state index is 13.9. The zero-order valence-corrected chi connectivity index (χ0v) is 14.5. The topological polar surface area (TPSA) is 30.7 Å². The molecule has 0 unspecified atom stereocenters. The minimum absolute atomic E-state index is 0.285. The highest BCUT2D eigenvalue weighted by molar-refractivity contribution is 7.98. The van der Waals surface area contributed by atoms with Gasteiger partial charge in [0, 0.05) is 17.7 Å². The lowest BCUT2D eigenvalue weighted by Crippen LogP contribution is -1.96. The zero-order valence-electron chi connectivity index (χ0n) is 12.9. The van der Waals surface area contributed by atoms with Gasteiger partial charge in [0.1, 0.15) is 5.82 Å². The van der Waals surface area contributed by atoms with Crippen molar-refractivity contribution in [1.29, 1.82) is 0 Å². The van der Waals surface area contributed by atoms with Gasteiger partial charge in [0.25, 0.3) is 0 Å². The molecule has 0 amide bonds. The van der Waals surface area contributed by atoms with Crippen molar-refractivity contribution in [2.45, 2.75) is 15.8 Å². The van der Waals surface area contributed by atoms with Gasteiger partial charge >= 0.3 is 0 Å². The molecule has 3 aromatic rings. The van der Waals surface area contributed by atoms with Crippen molar-refractivity contribution < 1.29 is 4.39 Å². The Morgan fingerprint density at radius 1 is 1.04 bits per heavy atom. The molecule has 0 aliphatic rings. The van der Waals surface area contributed by atoms with Gasteiger partial charge in [0.15, 0.2) is 11.0 Å². The predicted octanol–water partition coefficient (Wildman–Crippen LogP) is 4.64. The van der Waals surface area contributed by atoms with E-state index in [1.54, 1.807) is 41.7 Å². The molecule has 118 valence electrons. The molecule has 3 nitrogen and oxygen atoms in total. The van der Waals surface area contributed by atoms with Crippen LogP contribution in [0.15, 0.2) is 58.6 Å². The fraction of sp³-hybridized carbons (Fsp3) is 0.176. The van der Waals surface area contributed by atoms with Gasteiger partial charge in [-0.25, -0.2) is 4.39 Å². The minimum Gasteiger partial charge on any atom is -0.305 e. The van der Waals surface area contributed by atoms with E-state index in [2.05, 4.69) is 40.7 Å². The summed E-state index contributed by atoms with van der Waals surface area (Å²) < 4.78 is 15.7. The molecule has 2 aromatic carbocycles. The average Bonchev–Trinajstić information content (AvgIpc) is 2.94. The molecule has 0 bridgehead atoms. The largest absolute Gasteiger partial charge is 0.305 e. The average molecular weight is 345 g/mol. The second-order valence-electron chi connectivity index (χ2n) is 4.98. The highest BCUT2D eigenvalue weighted by Crippen LogP contribution is 2.27. The van der Waals surface area contributed by atoms with Gasteiger partial charge in [-0.15, -0.1) is 22.0 Å². The summed E-state index contributed by atoms with van der Waals surface area (Å²) in [5.74, 6) is 1.06. The van der Waals surface area contributed by atoms with Crippen LogP contribution in [-0.2, 0) is 12.8 Å². The lowest BCUT2D eigenvalue weighted by atomic mass is 10.2. The van der Waals surface area contributed by atoms with Gasteiger partial charge in [-0.05, 0) is 36.1 Å². The maximum Gasteiger partial charge on any atom is 0.191 e. The number of hydrogen-bond donors (Lipinski definition) is 0. The van der Waals surface area contributed by atoms with Crippen molar-refractivity contribution in [3.63, 3.8) is 0 Å². The van der Waals surface area contributed by atoms with Gasteiger partial charge in [-0.1, -0.05) is 36.0 Å². The van der Waals surface area contributed by atoms with E-state index in [0.717, 1.165) is 10.9 Å². The lowest BCUT2D eigenvalue weighted by molar-refractivity contribution is 0.628. The number of nitrogens with zero attached hydrogens (tertiary/aromatic N) is 3. The van der Waals surface area contributed by atoms with E-state index in [-0.39, 0.29) is 5.82 Å². The second-order valence-corrected chi connectivity index (χ2v) is 6.80. The molecule has 0 saturated heterocycles. The predicted molar refractivity (Wildman–Crippen MR) is 94.2 cm³/mol. The molecule has 0 saturated carbocycles. The van der Waals surface area contributed by atoms with Crippen molar-refractivity contribution in [2.75, 3.05) is 6.26 Å². The third kappa shape index (κ3) is 3.59. The number of thioether (sulfide) groups is 2. The van der Waals surface area contributed by atoms with Crippen LogP contribution in [-0.4, -0.2) is 21.0 Å². The fourth-order valence-corrected chi connectivity index (χ4v) is 3.46. The van der Waals surface area contributed by atoms with Gasteiger partial charge in [-0.2, -0.15) is 0 Å². The van der Waals surface area contributed by atoms with Crippen molar-refractivity contribution >= 4 is 23.5 Å². The van der Waals surface area contributed by atoms with Gasteiger partial charge in [-0.3, -0.25) is 0 Å². The first-order chi connectivity index (χ1) is 11.2. The standard InChI is InChI=1S/C17H16FN3S2/c1-21-16(14-5-3-4-6-15(14)18)19-20-17(21)23-11-12-7-9-13(22-2)10-8-12/h3-10H,11H2,1-2H3. The Bertz CT molecular complexity index is 800. The molecule has 0 radical (unpaired) electrons. The van der Waals surface area contributed by atoms with Crippen LogP contribution >= 0.6 is 23.5 Å². The van der Waals surface area contributed by atoms with Crippen LogP contribution in [0.2, 0.25) is 0 Å². The smallest absolute Gasteiger partial charge is 0.191 e. The van der Waals surface area contributed by atoms with Crippen LogP contribution in [0.25, 0.3) is 11.4 Å². The Kier molecular flexibility index (Phi) is 5.03. The Labute approximate surface area is 143 Å². The van der Waals surface area contributed by atoms with Crippen molar-refractivity contribution in [3.05, 3.63) is 59.9 Å². The second kappa shape index (κ2) is 7.19. The molecule has 0 N–H and O–H groups in total. The van der Waals surface area contributed by atoms with Crippen LogP contribution in [0.5, 0.6) is 0 Å². The third-order valence-corrected chi connectivity index (χ3v) is 5.31. The monoisotopic (exact) mass is 345 g/mol. The molecular weight excluding hydrogens is 329 g/mol. The molecule has 0 fully saturated rings. The Balaban J connectivity index is 1.75. The van der Waals surface area contributed by atoms with Gasteiger partial charge in [0.2, 0.25) is 0 Å². The van der Waals surface area contributed by atoms with E-state index in [4.69, 9.17) is 0 Å².